The number of hydrogen-bond acceptors (Lipinski definition) is 15. The highest BCUT2D eigenvalue weighted by Gasteiger charge is 2.50. The molecule has 0 aromatic rings. The number of rotatable bonds is 39. The van der Waals surface area contributed by atoms with E-state index in [2.05, 4.69) is 26.0 Å². The van der Waals surface area contributed by atoms with Gasteiger partial charge in [0.2, 0.25) is 6.29 Å². The van der Waals surface area contributed by atoms with E-state index in [4.69, 9.17) is 28.4 Å². The van der Waals surface area contributed by atoms with Crippen molar-refractivity contribution >= 4 is 11.9 Å². The number of aliphatic hydroxyl groups is 7. The predicted octanol–water partition coefficient (Wildman–Crippen LogP) is 6.95. The Bertz CT molecular complexity index is 1170. The predicted molar refractivity (Wildman–Crippen MR) is 243 cm³/mol. The minimum atomic E-state index is -1.79. The van der Waals surface area contributed by atoms with Crippen molar-refractivity contribution in [3.8, 4) is 0 Å². The van der Waals surface area contributed by atoms with Gasteiger partial charge in [-0.3, -0.25) is 9.59 Å². The van der Waals surface area contributed by atoms with Crippen LogP contribution in [-0.2, 0) is 38.0 Å². The fraction of sp³-hybridized carbons (Fsp3) is 0.918. The van der Waals surface area contributed by atoms with E-state index in [1.807, 2.05) is 0 Å². The van der Waals surface area contributed by atoms with Gasteiger partial charge in [-0.15, -0.1) is 0 Å². The molecule has 0 radical (unpaired) electrons. The van der Waals surface area contributed by atoms with E-state index in [-0.39, 0.29) is 25.9 Å². The summed E-state index contributed by atoms with van der Waals surface area (Å²) < 4.78 is 33.6. The van der Waals surface area contributed by atoms with Crippen LogP contribution in [-0.4, -0.2) is 135 Å². The van der Waals surface area contributed by atoms with Gasteiger partial charge in [-0.2, -0.15) is 0 Å². The number of allylic oxidation sites excluding steroid dienone is 2. The molecule has 0 amide bonds. The van der Waals surface area contributed by atoms with Crippen LogP contribution in [0.15, 0.2) is 12.2 Å². The van der Waals surface area contributed by atoms with Crippen LogP contribution < -0.4 is 0 Å². The van der Waals surface area contributed by atoms with Gasteiger partial charge in [0, 0.05) is 19.3 Å². The molecular weight excluding hydrogens is 829 g/mol. The molecule has 0 spiro atoms. The maximum Gasteiger partial charge on any atom is 0.308 e. The number of carbonyl (C=O) groups is 2. The lowest BCUT2D eigenvalue weighted by atomic mass is 9.97. The van der Waals surface area contributed by atoms with Crippen molar-refractivity contribution in [1.29, 1.82) is 0 Å². The van der Waals surface area contributed by atoms with Crippen molar-refractivity contribution < 1.29 is 73.8 Å². The number of carbonyl (C=O) groups excluding carboxylic acids is 2. The molecule has 0 bridgehead atoms. The van der Waals surface area contributed by atoms with Crippen molar-refractivity contribution in [3.63, 3.8) is 0 Å². The van der Waals surface area contributed by atoms with Crippen LogP contribution in [0.4, 0.5) is 0 Å². The maximum absolute atomic E-state index is 12.9. The second kappa shape index (κ2) is 37.2. The first-order valence-electron chi connectivity index (χ1n) is 25.3. The summed E-state index contributed by atoms with van der Waals surface area (Å²) in [4.78, 5) is 25.8. The Kier molecular flexibility index (Phi) is 34.0. The first-order chi connectivity index (χ1) is 31.1. The first-order valence-corrected chi connectivity index (χ1v) is 25.3. The van der Waals surface area contributed by atoms with E-state index in [1.165, 1.54) is 96.3 Å². The first kappa shape index (κ1) is 58.4. The van der Waals surface area contributed by atoms with Gasteiger partial charge >= 0.3 is 11.9 Å². The number of aliphatic hydroxyl groups excluding tert-OH is 7. The SMILES string of the molecule is CCCCCCCCC=CCCCCCCCC(=O)OC(CCOC1OC(CO)C(OC2OC(CO)C(O)C(O)C2O)C(O)C1O)OC(=O)CCCCCCCCCCCCCCC. The topological polar surface area (TPSA) is 231 Å². The molecule has 0 aliphatic carbocycles. The molecule has 376 valence electrons. The Morgan fingerprint density at radius 2 is 0.906 bits per heavy atom. The molecule has 64 heavy (non-hydrogen) atoms. The Balaban J connectivity index is 1.82. The summed E-state index contributed by atoms with van der Waals surface area (Å²) in [5, 5.41) is 72.1. The zero-order chi connectivity index (χ0) is 46.8. The lowest BCUT2D eigenvalue weighted by molar-refractivity contribution is -0.359. The number of unbranched alkanes of at least 4 members (excludes halogenated alkanes) is 23. The lowest BCUT2D eigenvalue weighted by Crippen LogP contribution is -2.64. The summed E-state index contributed by atoms with van der Waals surface area (Å²) in [7, 11) is 0. The number of esters is 2. The summed E-state index contributed by atoms with van der Waals surface area (Å²) in [6.07, 6.45) is 17.6. The normalized spacial score (nSPS) is 26.6. The van der Waals surface area contributed by atoms with Crippen molar-refractivity contribution in [1.82, 2.24) is 0 Å². The van der Waals surface area contributed by atoms with Crippen molar-refractivity contribution in [2.75, 3.05) is 19.8 Å². The van der Waals surface area contributed by atoms with Crippen LogP contribution in [0.5, 0.6) is 0 Å². The van der Waals surface area contributed by atoms with Crippen LogP contribution in [0, 0.1) is 0 Å². The highest BCUT2D eigenvalue weighted by atomic mass is 16.7. The average Bonchev–Trinajstić information content (AvgIpc) is 3.28. The van der Waals surface area contributed by atoms with Gasteiger partial charge in [0.15, 0.2) is 12.6 Å². The Labute approximate surface area is 384 Å². The van der Waals surface area contributed by atoms with E-state index in [1.54, 1.807) is 0 Å². The zero-order valence-corrected chi connectivity index (χ0v) is 39.5. The van der Waals surface area contributed by atoms with Crippen LogP contribution in [0.2, 0.25) is 0 Å². The third-order valence-electron chi connectivity index (χ3n) is 12.2. The van der Waals surface area contributed by atoms with E-state index in [9.17, 15) is 45.3 Å². The molecule has 11 unspecified atom stereocenters. The van der Waals surface area contributed by atoms with Gasteiger partial charge in [-0.1, -0.05) is 154 Å². The second-order valence-electron chi connectivity index (χ2n) is 17.9. The van der Waals surface area contributed by atoms with Gasteiger partial charge in [-0.25, -0.2) is 0 Å². The smallest absolute Gasteiger partial charge is 0.308 e. The van der Waals surface area contributed by atoms with E-state index in [0.29, 0.717) is 12.8 Å². The average molecular weight is 919 g/mol. The largest absolute Gasteiger partial charge is 0.425 e. The van der Waals surface area contributed by atoms with Crippen molar-refractivity contribution in [3.05, 3.63) is 12.2 Å². The van der Waals surface area contributed by atoms with Crippen molar-refractivity contribution in [2.45, 2.75) is 268 Å². The lowest BCUT2D eigenvalue weighted by Gasteiger charge is -2.45. The van der Waals surface area contributed by atoms with Gasteiger partial charge in [0.05, 0.1) is 19.8 Å². The molecule has 2 fully saturated rings. The second-order valence-corrected chi connectivity index (χ2v) is 17.9. The van der Waals surface area contributed by atoms with Gasteiger partial charge < -0.3 is 64.2 Å². The third kappa shape index (κ3) is 24.8. The summed E-state index contributed by atoms with van der Waals surface area (Å²) in [5.74, 6) is -1.01. The molecule has 2 rings (SSSR count). The Morgan fingerprint density at radius 1 is 0.500 bits per heavy atom. The maximum atomic E-state index is 12.9. The molecule has 0 saturated carbocycles. The molecule has 0 aromatic carbocycles. The van der Waals surface area contributed by atoms with Gasteiger partial charge in [-0.05, 0) is 38.5 Å². The monoisotopic (exact) mass is 919 g/mol. The molecule has 7 N–H and O–H groups in total. The summed E-state index contributed by atoms with van der Waals surface area (Å²) in [6.45, 7) is 2.80. The van der Waals surface area contributed by atoms with E-state index >= 15 is 0 Å². The standard InChI is InChI=1S/C49H90O15/c1-3-5-7-9-11-13-15-17-18-20-22-24-26-28-30-32-40(53)63-41(62-39(52)31-29-27-25-23-21-19-16-14-12-10-8-6-4-2)33-34-59-48-46(58)44(56)47(38(36-51)61-48)64-49-45(57)43(55)42(54)37(35-50)60-49/h17-18,37-38,41-51,54-58H,3-16,19-36H2,1-2H3. The van der Waals surface area contributed by atoms with Crippen molar-refractivity contribution in [2.24, 2.45) is 0 Å². The minimum Gasteiger partial charge on any atom is -0.425 e. The molecule has 2 saturated heterocycles. The summed E-state index contributed by atoms with van der Waals surface area (Å²) >= 11 is 0. The Morgan fingerprint density at radius 3 is 1.36 bits per heavy atom. The highest BCUT2D eigenvalue weighted by Crippen LogP contribution is 2.30. The number of ether oxygens (including phenoxy) is 6. The fourth-order valence-electron chi connectivity index (χ4n) is 8.15. The van der Waals surface area contributed by atoms with Crippen LogP contribution in [0.1, 0.15) is 200 Å². The molecule has 2 aliphatic rings. The van der Waals surface area contributed by atoms with Gasteiger partial charge in [0.25, 0.3) is 0 Å². The molecule has 2 aliphatic heterocycles. The molecular formula is C49H90O15. The minimum absolute atomic E-state index is 0.0975. The third-order valence-corrected chi connectivity index (χ3v) is 12.2. The summed E-state index contributed by atoms with van der Waals surface area (Å²) in [6, 6.07) is 0. The molecule has 0 aromatic heterocycles. The van der Waals surface area contributed by atoms with Crippen LogP contribution in [0.3, 0.4) is 0 Å². The van der Waals surface area contributed by atoms with E-state index < -0.39 is 92.9 Å². The Hall–Kier alpha value is -1.76. The fourth-order valence-corrected chi connectivity index (χ4v) is 8.15. The van der Waals surface area contributed by atoms with Crippen LogP contribution >= 0.6 is 0 Å². The zero-order valence-electron chi connectivity index (χ0n) is 39.5. The molecule has 2 heterocycles. The van der Waals surface area contributed by atoms with Gasteiger partial charge in [0.1, 0.15) is 48.8 Å². The van der Waals surface area contributed by atoms with E-state index in [0.717, 1.165) is 57.8 Å². The quantitative estimate of drug-likeness (QED) is 0.0143. The molecule has 15 heteroatoms. The number of hydrogen-bond donors (Lipinski definition) is 7. The molecule has 15 nitrogen and oxygen atoms in total. The highest BCUT2D eigenvalue weighted by molar-refractivity contribution is 5.71. The molecule has 11 atom stereocenters. The van der Waals surface area contributed by atoms with Crippen LogP contribution in [0.25, 0.3) is 0 Å². The summed E-state index contributed by atoms with van der Waals surface area (Å²) in [5.41, 5.74) is 0.